The lowest BCUT2D eigenvalue weighted by molar-refractivity contribution is 1.13. The van der Waals surface area contributed by atoms with Crippen LogP contribution in [0.3, 0.4) is 0 Å². The maximum Gasteiger partial charge on any atom is 0.160 e. The van der Waals surface area contributed by atoms with Crippen molar-refractivity contribution in [2.45, 2.75) is 0 Å². The summed E-state index contributed by atoms with van der Waals surface area (Å²) in [5, 5.41) is 14.0. The number of nitriles is 1. The van der Waals surface area contributed by atoms with Crippen molar-refractivity contribution >= 4 is 43.7 Å². The first-order valence-electron chi connectivity index (χ1n) is 17.2. The first kappa shape index (κ1) is 29.5. The van der Waals surface area contributed by atoms with Gasteiger partial charge in [-0.3, -0.25) is 4.57 Å². The SMILES string of the molecule is N#Cc1ccc(-c2nc(-c3ccccc3)cc(-c3ccccc3-n3c4ncccc4c4ccc5c(c6ccccc6n5-c5ccccc5)c43)n2)cc1. The van der Waals surface area contributed by atoms with Crippen LogP contribution in [0.2, 0.25) is 0 Å². The highest BCUT2D eigenvalue weighted by Crippen LogP contribution is 2.43. The van der Waals surface area contributed by atoms with E-state index >= 15 is 0 Å². The Morgan fingerprint density at radius 3 is 2.06 bits per heavy atom. The highest BCUT2D eigenvalue weighted by atomic mass is 15.1. The molecule has 0 spiro atoms. The number of hydrogen-bond acceptors (Lipinski definition) is 4. The van der Waals surface area contributed by atoms with Gasteiger partial charge in [0.15, 0.2) is 5.82 Å². The molecule has 0 bridgehead atoms. The summed E-state index contributed by atoms with van der Waals surface area (Å²) in [5.41, 5.74) is 11.3. The quantitative estimate of drug-likeness (QED) is 0.184. The molecule has 0 atom stereocenters. The third kappa shape index (κ3) is 4.61. The van der Waals surface area contributed by atoms with Crippen molar-refractivity contribution < 1.29 is 0 Å². The molecule has 52 heavy (non-hydrogen) atoms. The predicted molar refractivity (Wildman–Crippen MR) is 210 cm³/mol. The van der Waals surface area contributed by atoms with Crippen LogP contribution in [-0.2, 0) is 0 Å². The van der Waals surface area contributed by atoms with E-state index in [2.05, 4.69) is 130 Å². The van der Waals surface area contributed by atoms with Crippen molar-refractivity contribution in [1.82, 2.24) is 24.1 Å². The number of aromatic nitrogens is 5. The van der Waals surface area contributed by atoms with Gasteiger partial charge >= 0.3 is 0 Å². The van der Waals surface area contributed by atoms with Crippen LogP contribution in [0.25, 0.3) is 89.0 Å². The van der Waals surface area contributed by atoms with E-state index in [1.165, 1.54) is 5.39 Å². The number of para-hydroxylation sites is 3. The number of rotatable bonds is 5. The minimum Gasteiger partial charge on any atom is -0.309 e. The van der Waals surface area contributed by atoms with Gasteiger partial charge in [0.2, 0.25) is 0 Å². The summed E-state index contributed by atoms with van der Waals surface area (Å²) in [6.07, 6.45) is 1.87. The van der Waals surface area contributed by atoms with E-state index in [-0.39, 0.29) is 0 Å². The topological polar surface area (TPSA) is 72.3 Å². The van der Waals surface area contributed by atoms with Gasteiger partial charge in [-0.2, -0.15) is 5.26 Å². The van der Waals surface area contributed by atoms with Gasteiger partial charge in [-0.05, 0) is 72.8 Å². The fourth-order valence-electron chi connectivity index (χ4n) is 7.52. The van der Waals surface area contributed by atoms with Crippen molar-refractivity contribution in [3.8, 4) is 51.3 Å². The molecule has 10 aromatic rings. The van der Waals surface area contributed by atoms with Crippen LogP contribution in [0.1, 0.15) is 5.56 Å². The van der Waals surface area contributed by atoms with E-state index in [0.717, 1.165) is 77.8 Å². The van der Waals surface area contributed by atoms with E-state index < -0.39 is 0 Å². The first-order valence-corrected chi connectivity index (χ1v) is 17.2. The van der Waals surface area contributed by atoms with E-state index in [1.807, 2.05) is 54.7 Å². The molecular formula is C46H28N6. The molecular weight excluding hydrogens is 637 g/mol. The summed E-state index contributed by atoms with van der Waals surface area (Å²) in [6.45, 7) is 0. The van der Waals surface area contributed by atoms with Crippen molar-refractivity contribution in [2.75, 3.05) is 0 Å². The zero-order valence-electron chi connectivity index (χ0n) is 27.8. The summed E-state index contributed by atoms with van der Waals surface area (Å²) in [5.74, 6) is 0.587. The molecule has 10 rings (SSSR count). The van der Waals surface area contributed by atoms with Crippen LogP contribution in [0.5, 0.6) is 0 Å². The molecule has 0 aliphatic heterocycles. The predicted octanol–water partition coefficient (Wildman–Crippen LogP) is 10.9. The van der Waals surface area contributed by atoms with Crippen molar-refractivity contribution in [1.29, 1.82) is 5.26 Å². The molecule has 0 aliphatic rings. The molecule has 0 saturated heterocycles. The zero-order valence-corrected chi connectivity index (χ0v) is 27.8. The molecule has 4 aromatic heterocycles. The van der Waals surface area contributed by atoms with E-state index in [1.54, 1.807) is 0 Å². The summed E-state index contributed by atoms with van der Waals surface area (Å²) in [6, 6.07) is 58.2. The molecule has 0 fully saturated rings. The third-order valence-corrected chi connectivity index (χ3v) is 9.83. The van der Waals surface area contributed by atoms with Crippen LogP contribution in [-0.4, -0.2) is 24.1 Å². The second-order valence-electron chi connectivity index (χ2n) is 12.8. The number of nitrogens with zero attached hydrogens (tertiary/aromatic N) is 6. The van der Waals surface area contributed by atoms with Gasteiger partial charge in [-0.15, -0.1) is 0 Å². The summed E-state index contributed by atoms with van der Waals surface area (Å²) < 4.78 is 4.67. The molecule has 0 amide bonds. The second kappa shape index (κ2) is 11.9. The van der Waals surface area contributed by atoms with Gasteiger partial charge in [-0.1, -0.05) is 91.0 Å². The Morgan fingerprint density at radius 2 is 1.23 bits per heavy atom. The minimum absolute atomic E-state index is 0.587. The smallest absolute Gasteiger partial charge is 0.160 e. The Kier molecular flexibility index (Phi) is 6.76. The molecule has 0 aliphatic carbocycles. The van der Waals surface area contributed by atoms with Crippen LogP contribution < -0.4 is 0 Å². The summed E-state index contributed by atoms with van der Waals surface area (Å²) in [4.78, 5) is 15.3. The maximum atomic E-state index is 9.45. The van der Waals surface area contributed by atoms with Gasteiger partial charge < -0.3 is 4.57 Å². The van der Waals surface area contributed by atoms with Crippen LogP contribution in [0, 0.1) is 11.3 Å². The monoisotopic (exact) mass is 664 g/mol. The zero-order chi connectivity index (χ0) is 34.6. The minimum atomic E-state index is 0.587. The van der Waals surface area contributed by atoms with Crippen LogP contribution >= 0.6 is 0 Å². The Bertz CT molecular complexity index is 3010. The molecule has 0 unspecified atom stereocenters. The van der Waals surface area contributed by atoms with Crippen molar-refractivity contribution in [2.24, 2.45) is 0 Å². The largest absolute Gasteiger partial charge is 0.309 e. The van der Waals surface area contributed by atoms with E-state index in [4.69, 9.17) is 15.0 Å². The van der Waals surface area contributed by atoms with Gasteiger partial charge in [0.25, 0.3) is 0 Å². The lowest BCUT2D eigenvalue weighted by atomic mass is 10.0. The highest BCUT2D eigenvalue weighted by Gasteiger charge is 2.23. The van der Waals surface area contributed by atoms with Gasteiger partial charge in [0.1, 0.15) is 5.65 Å². The average molecular weight is 665 g/mol. The Balaban J connectivity index is 1.30. The van der Waals surface area contributed by atoms with Gasteiger partial charge in [0.05, 0.1) is 45.3 Å². The van der Waals surface area contributed by atoms with Crippen LogP contribution in [0.15, 0.2) is 170 Å². The standard InChI is InChI=1S/C46H28N6/c47-29-30-21-23-32(24-22-30)45-49-38(31-12-3-1-4-13-31)28-39(50-45)36-16-7-9-19-40(36)52-44-34(35-18-11-27-48-46(35)52)25-26-42-43(44)37-17-8-10-20-41(37)51(42)33-14-5-2-6-15-33/h1-28H. The maximum absolute atomic E-state index is 9.45. The second-order valence-corrected chi connectivity index (χ2v) is 12.8. The van der Waals surface area contributed by atoms with Crippen molar-refractivity contribution in [3.05, 3.63) is 176 Å². The van der Waals surface area contributed by atoms with E-state index in [9.17, 15) is 5.26 Å². The first-order chi connectivity index (χ1) is 25.8. The summed E-state index contributed by atoms with van der Waals surface area (Å²) in [7, 11) is 0. The average Bonchev–Trinajstić information content (AvgIpc) is 3.74. The molecule has 6 heteroatoms. The molecule has 6 aromatic carbocycles. The fourth-order valence-corrected chi connectivity index (χ4v) is 7.52. The number of fused-ring (bicyclic) bond motifs is 7. The number of hydrogen-bond donors (Lipinski definition) is 0. The fraction of sp³-hybridized carbons (Fsp3) is 0. The molecule has 0 N–H and O–H groups in total. The molecule has 0 saturated carbocycles. The Morgan fingerprint density at radius 1 is 0.519 bits per heavy atom. The van der Waals surface area contributed by atoms with Crippen LogP contribution in [0.4, 0.5) is 0 Å². The lowest BCUT2D eigenvalue weighted by Gasteiger charge is -2.15. The van der Waals surface area contributed by atoms with Crippen molar-refractivity contribution in [3.63, 3.8) is 0 Å². The number of benzene rings is 6. The lowest BCUT2D eigenvalue weighted by Crippen LogP contribution is -2.01. The van der Waals surface area contributed by atoms with E-state index in [0.29, 0.717) is 11.4 Å². The molecule has 4 heterocycles. The molecule has 6 nitrogen and oxygen atoms in total. The number of pyridine rings is 1. The third-order valence-electron chi connectivity index (χ3n) is 9.83. The molecule has 242 valence electrons. The Labute approximate surface area is 299 Å². The van der Waals surface area contributed by atoms with Gasteiger partial charge in [0, 0.05) is 50.1 Å². The van der Waals surface area contributed by atoms with Gasteiger partial charge in [-0.25, -0.2) is 15.0 Å². The normalized spacial score (nSPS) is 11.4. The highest BCUT2D eigenvalue weighted by molar-refractivity contribution is 6.26. The Hall–Kier alpha value is -7.36. The summed E-state index contributed by atoms with van der Waals surface area (Å²) >= 11 is 0. The molecule has 0 radical (unpaired) electrons.